The number of nitrogens with one attached hydrogen (secondary N) is 1. The zero-order valence-corrected chi connectivity index (χ0v) is 13.4. The molecule has 1 aromatic carbocycles. The van der Waals surface area contributed by atoms with Gasteiger partial charge in [-0.25, -0.2) is 8.42 Å². The Hall–Kier alpha value is -1.31. The van der Waals surface area contributed by atoms with E-state index < -0.39 is 16.1 Å². The highest BCUT2D eigenvalue weighted by atomic mass is 35.5. The number of hydrogen-bond donors (Lipinski definition) is 1. The van der Waals surface area contributed by atoms with Crippen LogP contribution in [0.5, 0.6) is 5.75 Å². The number of anilines is 1. The molecule has 8 heteroatoms. The van der Waals surface area contributed by atoms with Crippen LogP contribution >= 0.6 is 11.6 Å². The molecular formula is C13H17ClN2O4S. The molecule has 0 aromatic heterocycles. The van der Waals surface area contributed by atoms with Crippen LogP contribution in [0, 0.1) is 0 Å². The highest BCUT2D eigenvalue weighted by Crippen LogP contribution is 2.29. The van der Waals surface area contributed by atoms with Crippen LogP contribution in [0.25, 0.3) is 0 Å². The molecule has 0 spiro atoms. The van der Waals surface area contributed by atoms with Gasteiger partial charge in [-0.3, -0.25) is 4.79 Å². The van der Waals surface area contributed by atoms with Crippen molar-refractivity contribution < 1.29 is 17.9 Å². The predicted molar refractivity (Wildman–Crippen MR) is 81.2 cm³/mol. The van der Waals surface area contributed by atoms with Crippen molar-refractivity contribution >= 4 is 33.2 Å². The van der Waals surface area contributed by atoms with E-state index in [1.165, 1.54) is 11.4 Å². The van der Waals surface area contributed by atoms with Crippen LogP contribution < -0.4 is 10.1 Å². The molecule has 1 aliphatic rings. The Labute approximate surface area is 129 Å². The second-order valence-corrected chi connectivity index (χ2v) is 7.24. The first-order chi connectivity index (χ1) is 9.82. The molecule has 21 heavy (non-hydrogen) atoms. The standard InChI is InChI=1S/C13H17ClN2O4S/c1-20-12-6-5-9(14)8-10(12)15-13(17)11-4-3-7-16(11)21(2,18)19/h5-6,8,11H,3-4,7H2,1-2H3,(H,15,17)/t11-/m1/s1. The van der Waals surface area contributed by atoms with Gasteiger partial charge in [0.05, 0.1) is 19.1 Å². The summed E-state index contributed by atoms with van der Waals surface area (Å²) in [6.45, 7) is 0.365. The highest BCUT2D eigenvalue weighted by molar-refractivity contribution is 7.88. The molecule has 0 bridgehead atoms. The summed E-state index contributed by atoms with van der Waals surface area (Å²) in [4.78, 5) is 12.3. The zero-order chi connectivity index (χ0) is 15.6. The number of sulfonamides is 1. The van der Waals surface area contributed by atoms with Crippen LogP contribution in [0.1, 0.15) is 12.8 Å². The lowest BCUT2D eigenvalue weighted by molar-refractivity contribution is -0.119. The third-order valence-corrected chi connectivity index (χ3v) is 4.88. The molecule has 6 nitrogen and oxygen atoms in total. The van der Waals surface area contributed by atoms with E-state index in [4.69, 9.17) is 16.3 Å². The van der Waals surface area contributed by atoms with E-state index in [2.05, 4.69) is 5.32 Å². The Morgan fingerprint density at radius 3 is 2.81 bits per heavy atom. The molecule has 0 radical (unpaired) electrons. The van der Waals surface area contributed by atoms with Gasteiger partial charge in [0.25, 0.3) is 0 Å². The maximum Gasteiger partial charge on any atom is 0.242 e. The van der Waals surface area contributed by atoms with Gasteiger partial charge in [0, 0.05) is 11.6 Å². The average molecular weight is 333 g/mol. The topological polar surface area (TPSA) is 75.7 Å². The minimum Gasteiger partial charge on any atom is -0.495 e. The molecule has 1 aliphatic heterocycles. The molecule has 1 saturated heterocycles. The normalized spacial score (nSPS) is 19.5. The van der Waals surface area contributed by atoms with Crippen molar-refractivity contribution in [3.63, 3.8) is 0 Å². The maximum absolute atomic E-state index is 12.3. The molecular weight excluding hydrogens is 316 g/mol. The molecule has 1 heterocycles. The number of ether oxygens (including phenoxy) is 1. The van der Waals surface area contributed by atoms with Gasteiger partial charge in [0.1, 0.15) is 11.8 Å². The lowest BCUT2D eigenvalue weighted by Crippen LogP contribution is -2.42. The number of carbonyl (C=O) groups excluding carboxylic acids is 1. The molecule has 0 aliphatic carbocycles. The molecule has 116 valence electrons. The summed E-state index contributed by atoms with van der Waals surface area (Å²) >= 11 is 5.91. The first kappa shape index (κ1) is 16.1. The first-order valence-electron chi connectivity index (χ1n) is 6.44. The monoisotopic (exact) mass is 332 g/mol. The van der Waals surface area contributed by atoms with Gasteiger partial charge < -0.3 is 10.1 Å². The van der Waals surface area contributed by atoms with Crippen LogP contribution in [-0.2, 0) is 14.8 Å². The van der Waals surface area contributed by atoms with Crippen molar-refractivity contribution in [2.24, 2.45) is 0 Å². The lowest BCUT2D eigenvalue weighted by atomic mass is 10.2. The van der Waals surface area contributed by atoms with E-state index in [1.807, 2.05) is 0 Å². The largest absolute Gasteiger partial charge is 0.495 e. The quantitative estimate of drug-likeness (QED) is 0.910. The van der Waals surface area contributed by atoms with Crippen molar-refractivity contribution in [1.82, 2.24) is 4.31 Å². The van der Waals surface area contributed by atoms with Crippen LogP contribution in [-0.4, -0.2) is 44.6 Å². The fourth-order valence-corrected chi connectivity index (χ4v) is 3.69. The number of hydrogen-bond acceptors (Lipinski definition) is 4. The van der Waals surface area contributed by atoms with E-state index in [1.54, 1.807) is 18.2 Å². The molecule has 1 amide bonds. The fourth-order valence-electron chi connectivity index (χ4n) is 2.39. The van der Waals surface area contributed by atoms with Crippen LogP contribution in [0.3, 0.4) is 0 Å². The van der Waals surface area contributed by atoms with Crippen molar-refractivity contribution in [3.8, 4) is 5.75 Å². The van der Waals surface area contributed by atoms with Crippen LogP contribution in [0.2, 0.25) is 5.02 Å². The summed E-state index contributed by atoms with van der Waals surface area (Å²) < 4.78 is 29.7. The van der Waals surface area contributed by atoms with Gasteiger partial charge in [0.15, 0.2) is 0 Å². The van der Waals surface area contributed by atoms with Crippen molar-refractivity contribution in [2.45, 2.75) is 18.9 Å². The number of methoxy groups -OCH3 is 1. The van der Waals surface area contributed by atoms with Gasteiger partial charge in [-0.15, -0.1) is 0 Å². The molecule has 0 unspecified atom stereocenters. The minimum atomic E-state index is -3.40. The lowest BCUT2D eigenvalue weighted by Gasteiger charge is -2.21. The van der Waals surface area contributed by atoms with E-state index in [0.717, 1.165) is 6.26 Å². The van der Waals surface area contributed by atoms with Gasteiger partial charge in [0.2, 0.25) is 15.9 Å². The van der Waals surface area contributed by atoms with E-state index in [-0.39, 0.29) is 5.91 Å². The third-order valence-electron chi connectivity index (χ3n) is 3.35. The van der Waals surface area contributed by atoms with Crippen molar-refractivity contribution in [3.05, 3.63) is 23.2 Å². The van der Waals surface area contributed by atoms with E-state index in [0.29, 0.717) is 35.8 Å². The molecule has 1 atom stereocenters. The summed E-state index contributed by atoms with van der Waals surface area (Å²) in [5.74, 6) is 0.0927. The number of nitrogens with zero attached hydrogens (tertiary/aromatic N) is 1. The first-order valence-corrected chi connectivity index (χ1v) is 8.67. The number of benzene rings is 1. The van der Waals surface area contributed by atoms with Gasteiger partial charge in [-0.05, 0) is 31.0 Å². The Kier molecular flexibility index (Phi) is 4.75. The Morgan fingerprint density at radius 2 is 2.19 bits per heavy atom. The molecule has 1 N–H and O–H groups in total. The van der Waals surface area contributed by atoms with Crippen molar-refractivity contribution in [2.75, 3.05) is 25.2 Å². The summed E-state index contributed by atoms with van der Waals surface area (Å²) in [6.07, 6.45) is 2.28. The highest BCUT2D eigenvalue weighted by Gasteiger charge is 2.36. The van der Waals surface area contributed by atoms with E-state index >= 15 is 0 Å². The van der Waals surface area contributed by atoms with Gasteiger partial charge in [-0.2, -0.15) is 4.31 Å². The zero-order valence-electron chi connectivity index (χ0n) is 11.8. The molecule has 2 rings (SSSR count). The Balaban J connectivity index is 2.20. The summed E-state index contributed by atoms with van der Waals surface area (Å²) in [5.41, 5.74) is 0.426. The summed E-state index contributed by atoms with van der Waals surface area (Å²) in [7, 11) is -1.91. The van der Waals surface area contributed by atoms with Crippen molar-refractivity contribution in [1.29, 1.82) is 0 Å². The van der Waals surface area contributed by atoms with E-state index in [9.17, 15) is 13.2 Å². The van der Waals surface area contributed by atoms with Gasteiger partial charge in [-0.1, -0.05) is 11.6 Å². The smallest absolute Gasteiger partial charge is 0.242 e. The number of halogens is 1. The number of amides is 1. The fraction of sp³-hybridized carbons (Fsp3) is 0.462. The van der Waals surface area contributed by atoms with Crippen LogP contribution in [0.15, 0.2) is 18.2 Å². The number of rotatable bonds is 4. The van der Waals surface area contributed by atoms with Gasteiger partial charge >= 0.3 is 0 Å². The molecule has 1 aromatic rings. The minimum absolute atomic E-state index is 0.365. The van der Waals surface area contributed by atoms with Crippen LogP contribution in [0.4, 0.5) is 5.69 Å². The summed E-state index contributed by atoms with van der Waals surface area (Å²) in [6, 6.07) is 4.16. The SMILES string of the molecule is COc1ccc(Cl)cc1NC(=O)[C@H]1CCCN1S(C)(=O)=O. The second kappa shape index (κ2) is 6.21. The second-order valence-electron chi connectivity index (χ2n) is 4.87. The molecule has 1 fully saturated rings. The third kappa shape index (κ3) is 3.66. The number of carbonyl (C=O) groups is 1. The average Bonchev–Trinajstić information content (AvgIpc) is 2.88. The maximum atomic E-state index is 12.3. The Bertz CT molecular complexity index is 648. The Morgan fingerprint density at radius 1 is 1.48 bits per heavy atom. The molecule has 0 saturated carbocycles. The predicted octanol–water partition coefficient (Wildman–Crippen LogP) is 1.71. The summed E-state index contributed by atoms with van der Waals surface area (Å²) in [5, 5.41) is 3.15.